The second-order valence-corrected chi connectivity index (χ2v) is 5.50. The van der Waals surface area contributed by atoms with E-state index in [9.17, 15) is 13.6 Å². The van der Waals surface area contributed by atoms with Crippen molar-refractivity contribution >= 4 is 5.91 Å². The highest BCUT2D eigenvalue weighted by atomic mass is 19.1. The van der Waals surface area contributed by atoms with Crippen molar-refractivity contribution in [2.24, 2.45) is 0 Å². The molecule has 0 fully saturated rings. The van der Waals surface area contributed by atoms with Crippen LogP contribution in [0, 0.1) is 11.6 Å². The van der Waals surface area contributed by atoms with Gasteiger partial charge in [0, 0.05) is 30.3 Å². The van der Waals surface area contributed by atoms with E-state index < -0.39 is 11.6 Å². The first-order chi connectivity index (χ1) is 11.5. The van der Waals surface area contributed by atoms with Crippen molar-refractivity contribution in [1.82, 2.24) is 10.2 Å². The number of benzene rings is 2. The van der Waals surface area contributed by atoms with Gasteiger partial charge in [-0.05, 0) is 19.2 Å². The van der Waals surface area contributed by atoms with Crippen molar-refractivity contribution in [3.05, 3.63) is 65.2 Å². The number of hydrogen-bond acceptors (Lipinski definition) is 3. The standard InChI is InChI=1S/C18H20F2N2O2/c1-22(11-14-7-8-15(19)9-16(14)20)12-18(23)21-10-13-5-3-4-6-17(13)24-2/h3-9H,10-12H2,1-2H3,(H,21,23). The average molecular weight is 334 g/mol. The summed E-state index contributed by atoms with van der Waals surface area (Å²) in [6.45, 7) is 0.668. The highest BCUT2D eigenvalue weighted by Gasteiger charge is 2.11. The molecule has 0 unspecified atom stereocenters. The van der Waals surface area contributed by atoms with Gasteiger partial charge in [0.05, 0.1) is 13.7 Å². The second-order valence-electron chi connectivity index (χ2n) is 5.50. The molecule has 0 saturated carbocycles. The Hall–Kier alpha value is -2.47. The van der Waals surface area contributed by atoms with E-state index in [2.05, 4.69) is 5.32 Å². The van der Waals surface area contributed by atoms with Crippen LogP contribution in [0.1, 0.15) is 11.1 Å². The molecule has 0 aliphatic carbocycles. The number of amides is 1. The highest BCUT2D eigenvalue weighted by molar-refractivity contribution is 5.78. The summed E-state index contributed by atoms with van der Waals surface area (Å²) in [4.78, 5) is 13.7. The topological polar surface area (TPSA) is 41.6 Å². The van der Waals surface area contributed by atoms with E-state index >= 15 is 0 Å². The van der Waals surface area contributed by atoms with Gasteiger partial charge in [0.15, 0.2) is 0 Å². The fraction of sp³-hybridized carbons (Fsp3) is 0.278. The third kappa shape index (κ3) is 5.03. The summed E-state index contributed by atoms with van der Waals surface area (Å²) in [6.07, 6.45) is 0. The maximum Gasteiger partial charge on any atom is 0.234 e. The van der Waals surface area contributed by atoms with Crippen LogP contribution in [0.2, 0.25) is 0 Å². The minimum absolute atomic E-state index is 0.103. The lowest BCUT2D eigenvalue weighted by Crippen LogP contribution is -2.34. The van der Waals surface area contributed by atoms with E-state index in [0.717, 1.165) is 11.6 Å². The number of hydrogen-bond donors (Lipinski definition) is 1. The zero-order valence-electron chi connectivity index (χ0n) is 13.7. The van der Waals surface area contributed by atoms with E-state index in [-0.39, 0.29) is 19.0 Å². The Kier molecular flexibility index (Phi) is 6.26. The smallest absolute Gasteiger partial charge is 0.234 e. The number of carbonyl (C=O) groups excluding carboxylic acids is 1. The van der Waals surface area contributed by atoms with E-state index in [0.29, 0.717) is 17.9 Å². The molecule has 6 heteroatoms. The summed E-state index contributed by atoms with van der Waals surface area (Å²) in [5.74, 6) is -0.713. The molecule has 24 heavy (non-hydrogen) atoms. The van der Waals surface area contributed by atoms with Gasteiger partial charge in [-0.3, -0.25) is 9.69 Å². The molecule has 128 valence electrons. The first-order valence-electron chi connectivity index (χ1n) is 7.50. The number of halogens is 2. The molecule has 0 saturated heterocycles. The van der Waals surface area contributed by atoms with Crippen LogP contribution < -0.4 is 10.1 Å². The number of para-hydroxylation sites is 1. The van der Waals surface area contributed by atoms with E-state index in [4.69, 9.17) is 4.74 Å². The zero-order chi connectivity index (χ0) is 17.5. The van der Waals surface area contributed by atoms with Crippen molar-refractivity contribution in [2.45, 2.75) is 13.1 Å². The maximum absolute atomic E-state index is 13.6. The van der Waals surface area contributed by atoms with Gasteiger partial charge in [0.25, 0.3) is 0 Å². The normalized spacial score (nSPS) is 10.7. The van der Waals surface area contributed by atoms with Crippen LogP contribution in [0.5, 0.6) is 5.75 Å². The minimum Gasteiger partial charge on any atom is -0.496 e. The van der Waals surface area contributed by atoms with Crippen molar-refractivity contribution in [3.63, 3.8) is 0 Å². The fourth-order valence-corrected chi connectivity index (χ4v) is 2.34. The summed E-state index contributed by atoms with van der Waals surface area (Å²) in [6, 6.07) is 10.8. The summed E-state index contributed by atoms with van der Waals surface area (Å²) in [5.41, 5.74) is 1.22. The summed E-state index contributed by atoms with van der Waals surface area (Å²) in [5, 5.41) is 2.80. The van der Waals surface area contributed by atoms with Crippen LogP contribution in [0.15, 0.2) is 42.5 Å². The Morgan fingerprint density at radius 1 is 1.17 bits per heavy atom. The van der Waals surface area contributed by atoms with Gasteiger partial charge >= 0.3 is 0 Å². The van der Waals surface area contributed by atoms with Crippen LogP contribution in [0.25, 0.3) is 0 Å². The first kappa shape index (κ1) is 17.9. The van der Waals surface area contributed by atoms with Gasteiger partial charge in [-0.1, -0.05) is 24.3 Å². The van der Waals surface area contributed by atoms with Gasteiger partial charge in [-0.2, -0.15) is 0 Å². The Bertz CT molecular complexity index is 707. The Balaban J connectivity index is 1.85. The zero-order valence-corrected chi connectivity index (χ0v) is 13.7. The number of ether oxygens (including phenoxy) is 1. The molecule has 0 aliphatic rings. The van der Waals surface area contributed by atoms with Crippen LogP contribution in [0.3, 0.4) is 0 Å². The molecule has 4 nitrogen and oxygen atoms in total. The molecule has 2 aromatic rings. The molecular weight excluding hydrogens is 314 g/mol. The SMILES string of the molecule is COc1ccccc1CNC(=O)CN(C)Cc1ccc(F)cc1F. The molecule has 1 N–H and O–H groups in total. The maximum atomic E-state index is 13.6. The summed E-state index contributed by atoms with van der Waals surface area (Å²) < 4.78 is 31.7. The van der Waals surface area contributed by atoms with Crippen LogP contribution in [0.4, 0.5) is 8.78 Å². The summed E-state index contributed by atoms with van der Waals surface area (Å²) >= 11 is 0. The molecule has 1 amide bonds. The molecule has 0 radical (unpaired) electrons. The third-order valence-electron chi connectivity index (χ3n) is 3.54. The second kappa shape index (κ2) is 8.40. The number of likely N-dealkylation sites (N-methyl/N-ethyl adjacent to an activating group) is 1. The predicted octanol–water partition coefficient (Wildman–Crippen LogP) is 2.72. The molecule has 0 heterocycles. The number of nitrogens with one attached hydrogen (secondary N) is 1. The number of nitrogens with zero attached hydrogens (tertiary/aromatic N) is 1. The Morgan fingerprint density at radius 2 is 1.92 bits per heavy atom. The summed E-state index contributed by atoms with van der Waals surface area (Å²) in [7, 11) is 3.27. The molecule has 0 atom stereocenters. The Morgan fingerprint density at radius 3 is 2.62 bits per heavy atom. The van der Waals surface area contributed by atoms with Gasteiger partial charge in [-0.15, -0.1) is 0 Å². The molecule has 0 spiro atoms. The number of rotatable bonds is 7. The van der Waals surface area contributed by atoms with Crippen molar-refractivity contribution in [3.8, 4) is 5.75 Å². The first-order valence-corrected chi connectivity index (χ1v) is 7.50. The van der Waals surface area contributed by atoms with Crippen LogP contribution >= 0.6 is 0 Å². The number of methoxy groups -OCH3 is 1. The molecular formula is C18H20F2N2O2. The third-order valence-corrected chi connectivity index (χ3v) is 3.54. The van der Waals surface area contributed by atoms with Crippen molar-refractivity contribution in [2.75, 3.05) is 20.7 Å². The van der Waals surface area contributed by atoms with Crippen molar-refractivity contribution in [1.29, 1.82) is 0 Å². The molecule has 0 aromatic heterocycles. The van der Waals surface area contributed by atoms with Gasteiger partial charge < -0.3 is 10.1 Å². The van der Waals surface area contributed by atoms with E-state index in [1.165, 1.54) is 12.1 Å². The van der Waals surface area contributed by atoms with Gasteiger partial charge in [0.2, 0.25) is 5.91 Å². The Labute approximate surface area is 140 Å². The number of carbonyl (C=O) groups is 1. The fourth-order valence-electron chi connectivity index (χ4n) is 2.34. The lowest BCUT2D eigenvalue weighted by Gasteiger charge is -2.17. The van der Waals surface area contributed by atoms with Crippen molar-refractivity contribution < 1.29 is 18.3 Å². The highest BCUT2D eigenvalue weighted by Crippen LogP contribution is 2.16. The molecule has 2 rings (SSSR count). The monoisotopic (exact) mass is 334 g/mol. The minimum atomic E-state index is -0.617. The largest absolute Gasteiger partial charge is 0.496 e. The van der Waals surface area contributed by atoms with Gasteiger partial charge in [-0.25, -0.2) is 8.78 Å². The van der Waals surface area contributed by atoms with E-state index in [1.54, 1.807) is 19.1 Å². The lowest BCUT2D eigenvalue weighted by atomic mass is 10.2. The van der Waals surface area contributed by atoms with Crippen LogP contribution in [-0.2, 0) is 17.9 Å². The van der Waals surface area contributed by atoms with Gasteiger partial charge in [0.1, 0.15) is 17.4 Å². The molecule has 0 aliphatic heterocycles. The molecule has 0 bridgehead atoms. The van der Waals surface area contributed by atoms with Crippen LogP contribution in [-0.4, -0.2) is 31.5 Å². The lowest BCUT2D eigenvalue weighted by molar-refractivity contribution is -0.122. The average Bonchev–Trinajstić information content (AvgIpc) is 2.55. The molecule has 2 aromatic carbocycles. The predicted molar refractivity (Wildman–Crippen MR) is 87.5 cm³/mol. The van der Waals surface area contributed by atoms with E-state index in [1.807, 2.05) is 24.3 Å². The quantitative estimate of drug-likeness (QED) is 0.846.